The Hall–Kier alpha value is -1.89. The Balaban J connectivity index is 2.04. The normalized spacial score (nSPS) is 11.4. The summed E-state index contributed by atoms with van der Waals surface area (Å²) in [6.45, 7) is 0.227. The number of rotatable bonds is 4. The molecule has 112 valence electrons. The van der Waals surface area contributed by atoms with Gasteiger partial charge >= 0.3 is 6.18 Å². The molecule has 1 amide bonds. The Bertz CT molecular complexity index is 622. The van der Waals surface area contributed by atoms with E-state index < -0.39 is 29.0 Å². The predicted octanol–water partition coefficient (Wildman–Crippen LogP) is 3.88. The second-order valence-electron chi connectivity index (χ2n) is 4.33. The SMILES string of the molecule is O=C(NCCc1ccsc1)c1cc(C(F)(F)F)ccc1F. The molecule has 0 fully saturated rings. The van der Waals surface area contributed by atoms with Crippen LogP contribution in [-0.4, -0.2) is 12.5 Å². The molecule has 0 atom stereocenters. The number of benzene rings is 1. The molecule has 0 aliphatic carbocycles. The number of carbonyl (C=O) groups excluding carboxylic acids is 1. The number of alkyl halides is 3. The molecule has 2 aromatic rings. The molecule has 0 bridgehead atoms. The van der Waals surface area contributed by atoms with E-state index in [1.54, 1.807) is 0 Å². The molecule has 0 saturated carbocycles. The Labute approximate surface area is 122 Å². The van der Waals surface area contributed by atoms with Gasteiger partial charge in [0.1, 0.15) is 5.82 Å². The Morgan fingerprint density at radius 2 is 2.00 bits per heavy atom. The van der Waals surface area contributed by atoms with E-state index in [1.165, 1.54) is 11.3 Å². The minimum absolute atomic E-state index is 0.227. The van der Waals surface area contributed by atoms with Crippen molar-refractivity contribution in [3.63, 3.8) is 0 Å². The average molecular weight is 317 g/mol. The molecule has 0 aliphatic heterocycles. The fourth-order valence-electron chi connectivity index (χ4n) is 1.73. The van der Waals surface area contributed by atoms with Crippen molar-refractivity contribution >= 4 is 17.2 Å². The molecule has 0 unspecified atom stereocenters. The molecular weight excluding hydrogens is 306 g/mol. The number of nitrogens with one attached hydrogen (secondary N) is 1. The molecule has 7 heteroatoms. The van der Waals surface area contributed by atoms with E-state index >= 15 is 0 Å². The quantitative estimate of drug-likeness (QED) is 0.852. The van der Waals surface area contributed by atoms with Crippen molar-refractivity contribution in [3.05, 3.63) is 57.5 Å². The van der Waals surface area contributed by atoms with Gasteiger partial charge in [-0.05, 0) is 47.0 Å². The third kappa shape index (κ3) is 4.04. The highest BCUT2D eigenvalue weighted by atomic mass is 32.1. The fourth-order valence-corrected chi connectivity index (χ4v) is 2.43. The fraction of sp³-hybridized carbons (Fsp3) is 0.214. The number of halogens is 4. The highest BCUT2D eigenvalue weighted by Crippen LogP contribution is 2.30. The van der Waals surface area contributed by atoms with Crippen molar-refractivity contribution in [1.29, 1.82) is 0 Å². The number of thiophene rings is 1. The van der Waals surface area contributed by atoms with Crippen LogP contribution >= 0.6 is 11.3 Å². The smallest absolute Gasteiger partial charge is 0.352 e. The molecule has 2 rings (SSSR count). The first kappa shape index (κ1) is 15.5. The van der Waals surface area contributed by atoms with Crippen LogP contribution in [0.4, 0.5) is 17.6 Å². The summed E-state index contributed by atoms with van der Waals surface area (Å²) in [6, 6.07) is 3.66. The Morgan fingerprint density at radius 3 is 2.62 bits per heavy atom. The molecule has 2 nitrogen and oxygen atoms in total. The molecule has 0 spiro atoms. The molecule has 1 N–H and O–H groups in total. The van der Waals surface area contributed by atoms with Gasteiger partial charge in [-0.2, -0.15) is 24.5 Å². The van der Waals surface area contributed by atoms with Crippen LogP contribution in [0.1, 0.15) is 21.5 Å². The topological polar surface area (TPSA) is 29.1 Å². The lowest BCUT2D eigenvalue weighted by molar-refractivity contribution is -0.137. The molecule has 1 aromatic carbocycles. The lowest BCUT2D eigenvalue weighted by atomic mass is 10.1. The first-order valence-corrected chi connectivity index (χ1v) is 6.98. The summed E-state index contributed by atoms with van der Waals surface area (Å²) in [5, 5.41) is 6.19. The van der Waals surface area contributed by atoms with Crippen molar-refractivity contribution in [1.82, 2.24) is 5.32 Å². The first-order valence-electron chi connectivity index (χ1n) is 6.04. The zero-order chi connectivity index (χ0) is 15.5. The molecule has 21 heavy (non-hydrogen) atoms. The minimum Gasteiger partial charge on any atom is -0.352 e. The Morgan fingerprint density at radius 1 is 1.24 bits per heavy atom. The lowest BCUT2D eigenvalue weighted by Crippen LogP contribution is -2.27. The number of amides is 1. The van der Waals surface area contributed by atoms with E-state index in [0.717, 1.165) is 5.56 Å². The van der Waals surface area contributed by atoms with E-state index in [-0.39, 0.29) is 6.54 Å². The number of carbonyl (C=O) groups is 1. The van der Waals surface area contributed by atoms with Gasteiger partial charge < -0.3 is 5.32 Å². The van der Waals surface area contributed by atoms with Gasteiger partial charge in [0.2, 0.25) is 0 Å². The van der Waals surface area contributed by atoms with E-state index in [4.69, 9.17) is 0 Å². The summed E-state index contributed by atoms with van der Waals surface area (Å²) in [6.07, 6.45) is -4.07. The van der Waals surface area contributed by atoms with Crippen molar-refractivity contribution < 1.29 is 22.4 Å². The third-order valence-corrected chi connectivity index (χ3v) is 3.55. The minimum atomic E-state index is -4.61. The molecule has 0 saturated heterocycles. The molecule has 0 aliphatic rings. The van der Waals surface area contributed by atoms with Gasteiger partial charge in [0.25, 0.3) is 5.91 Å². The van der Waals surface area contributed by atoms with E-state index in [0.29, 0.717) is 24.6 Å². The van der Waals surface area contributed by atoms with Crippen LogP contribution in [0.2, 0.25) is 0 Å². The monoisotopic (exact) mass is 317 g/mol. The van der Waals surface area contributed by atoms with Crippen molar-refractivity contribution in [3.8, 4) is 0 Å². The van der Waals surface area contributed by atoms with Gasteiger partial charge in [0.05, 0.1) is 11.1 Å². The van der Waals surface area contributed by atoms with Crippen LogP contribution < -0.4 is 5.32 Å². The van der Waals surface area contributed by atoms with Crippen molar-refractivity contribution in [2.45, 2.75) is 12.6 Å². The van der Waals surface area contributed by atoms with E-state index in [9.17, 15) is 22.4 Å². The Kier molecular flexibility index (Phi) is 4.62. The first-order chi connectivity index (χ1) is 9.88. The standard InChI is InChI=1S/C14H11F4NOS/c15-12-2-1-10(14(16,17)18)7-11(12)13(20)19-5-3-9-4-6-21-8-9/h1-2,4,6-8H,3,5H2,(H,19,20). The number of hydrogen-bond donors (Lipinski definition) is 1. The van der Waals surface area contributed by atoms with E-state index in [1.807, 2.05) is 16.8 Å². The summed E-state index contributed by atoms with van der Waals surface area (Å²) in [4.78, 5) is 11.8. The highest BCUT2D eigenvalue weighted by Gasteiger charge is 2.31. The van der Waals surface area contributed by atoms with Gasteiger partial charge in [-0.25, -0.2) is 4.39 Å². The zero-order valence-electron chi connectivity index (χ0n) is 10.7. The second-order valence-corrected chi connectivity index (χ2v) is 5.11. The highest BCUT2D eigenvalue weighted by molar-refractivity contribution is 7.07. The average Bonchev–Trinajstić information content (AvgIpc) is 2.91. The van der Waals surface area contributed by atoms with Crippen molar-refractivity contribution in [2.75, 3.05) is 6.54 Å². The molecule has 0 radical (unpaired) electrons. The maximum Gasteiger partial charge on any atom is 0.416 e. The zero-order valence-corrected chi connectivity index (χ0v) is 11.5. The van der Waals surface area contributed by atoms with Gasteiger partial charge in [0.15, 0.2) is 0 Å². The van der Waals surface area contributed by atoms with Gasteiger partial charge in [-0.15, -0.1) is 0 Å². The molecule has 1 aromatic heterocycles. The summed E-state index contributed by atoms with van der Waals surface area (Å²) in [5.41, 5.74) is -0.646. The maximum absolute atomic E-state index is 13.5. The third-order valence-electron chi connectivity index (χ3n) is 2.82. The van der Waals surface area contributed by atoms with Crippen LogP contribution in [-0.2, 0) is 12.6 Å². The van der Waals surface area contributed by atoms with Crippen LogP contribution in [0, 0.1) is 5.82 Å². The largest absolute Gasteiger partial charge is 0.416 e. The van der Waals surface area contributed by atoms with Gasteiger partial charge in [-0.1, -0.05) is 0 Å². The molecular formula is C14H11F4NOS. The van der Waals surface area contributed by atoms with Crippen LogP contribution in [0.25, 0.3) is 0 Å². The van der Waals surface area contributed by atoms with Crippen LogP contribution in [0.3, 0.4) is 0 Å². The van der Waals surface area contributed by atoms with Gasteiger partial charge in [0, 0.05) is 6.54 Å². The summed E-state index contributed by atoms with van der Waals surface area (Å²) >= 11 is 1.50. The second kappa shape index (κ2) is 6.26. The predicted molar refractivity (Wildman–Crippen MR) is 71.8 cm³/mol. The van der Waals surface area contributed by atoms with Gasteiger partial charge in [-0.3, -0.25) is 4.79 Å². The maximum atomic E-state index is 13.5. The summed E-state index contributed by atoms with van der Waals surface area (Å²) in [7, 11) is 0. The summed E-state index contributed by atoms with van der Waals surface area (Å²) in [5.74, 6) is -1.83. The lowest BCUT2D eigenvalue weighted by Gasteiger charge is -2.10. The van der Waals surface area contributed by atoms with Crippen molar-refractivity contribution in [2.24, 2.45) is 0 Å². The van der Waals surface area contributed by atoms with Crippen LogP contribution in [0.5, 0.6) is 0 Å². The number of hydrogen-bond acceptors (Lipinski definition) is 2. The molecule has 1 heterocycles. The van der Waals surface area contributed by atoms with E-state index in [2.05, 4.69) is 5.32 Å². The van der Waals surface area contributed by atoms with Crippen LogP contribution in [0.15, 0.2) is 35.0 Å². The summed E-state index contributed by atoms with van der Waals surface area (Å²) < 4.78 is 51.1.